The number of benzene rings is 1. The molecule has 0 saturated carbocycles. The number of aryl methyl sites for hydroxylation is 1. The van der Waals surface area contributed by atoms with Gasteiger partial charge in [-0.2, -0.15) is 0 Å². The Hall–Kier alpha value is -1.09. The van der Waals surface area contributed by atoms with Gasteiger partial charge < -0.3 is 4.57 Å². The fraction of sp³-hybridized carbons (Fsp3) is 0.533. The summed E-state index contributed by atoms with van der Waals surface area (Å²) in [6.45, 7) is 8.66. The molecule has 104 valence electrons. The van der Waals surface area contributed by atoms with Gasteiger partial charge in [-0.3, -0.25) is 0 Å². The molecule has 1 heterocycles. The molecule has 0 radical (unpaired) electrons. The van der Waals surface area contributed by atoms with Crippen LogP contribution in [0.25, 0.3) is 11.0 Å². The van der Waals surface area contributed by atoms with Crippen molar-refractivity contribution in [1.82, 2.24) is 9.55 Å². The molecule has 0 aliphatic rings. The van der Waals surface area contributed by atoms with Crippen LogP contribution in [0.2, 0.25) is 0 Å². The standard InChI is InChI=1S/C15H20ClFN2/c1-10(15(2,3)4)19-12-7-5-6-11(17)14(12)18-13(19)8-9-16/h5-7,10H,8-9H2,1-4H3. The van der Waals surface area contributed by atoms with Gasteiger partial charge in [-0.05, 0) is 24.5 Å². The van der Waals surface area contributed by atoms with Crippen molar-refractivity contribution in [2.75, 3.05) is 5.88 Å². The number of para-hydroxylation sites is 1. The summed E-state index contributed by atoms with van der Waals surface area (Å²) in [5, 5.41) is 0. The van der Waals surface area contributed by atoms with Crippen LogP contribution in [0.4, 0.5) is 4.39 Å². The average molecular weight is 283 g/mol. The van der Waals surface area contributed by atoms with Crippen LogP contribution in [0.1, 0.15) is 39.6 Å². The van der Waals surface area contributed by atoms with Crippen LogP contribution >= 0.6 is 11.6 Å². The number of fused-ring (bicyclic) bond motifs is 1. The van der Waals surface area contributed by atoms with Crippen LogP contribution in [-0.4, -0.2) is 15.4 Å². The molecule has 0 amide bonds. The second-order valence-electron chi connectivity index (χ2n) is 5.99. The molecule has 2 rings (SSSR count). The van der Waals surface area contributed by atoms with E-state index in [9.17, 15) is 4.39 Å². The van der Waals surface area contributed by atoms with Gasteiger partial charge in [0.25, 0.3) is 0 Å². The van der Waals surface area contributed by atoms with Crippen molar-refractivity contribution in [2.24, 2.45) is 5.41 Å². The molecule has 1 aromatic carbocycles. The largest absolute Gasteiger partial charge is 0.324 e. The van der Waals surface area contributed by atoms with Crippen LogP contribution in [0.3, 0.4) is 0 Å². The Kier molecular flexibility index (Phi) is 3.86. The molecule has 0 bridgehead atoms. The molecule has 4 heteroatoms. The van der Waals surface area contributed by atoms with E-state index in [1.807, 2.05) is 6.07 Å². The Morgan fingerprint density at radius 1 is 1.37 bits per heavy atom. The lowest BCUT2D eigenvalue weighted by atomic mass is 9.87. The summed E-state index contributed by atoms with van der Waals surface area (Å²) in [5.41, 5.74) is 1.36. The first-order valence-electron chi connectivity index (χ1n) is 6.57. The van der Waals surface area contributed by atoms with Gasteiger partial charge in [-0.1, -0.05) is 26.8 Å². The molecule has 2 nitrogen and oxygen atoms in total. The van der Waals surface area contributed by atoms with E-state index < -0.39 is 0 Å². The van der Waals surface area contributed by atoms with Gasteiger partial charge in [-0.25, -0.2) is 9.37 Å². The van der Waals surface area contributed by atoms with E-state index in [4.69, 9.17) is 11.6 Å². The maximum atomic E-state index is 13.9. The minimum absolute atomic E-state index is 0.0704. The smallest absolute Gasteiger partial charge is 0.151 e. The lowest BCUT2D eigenvalue weighted by Crippen LogP contribution is -2.23. The molecule has 0 aliphatic carbocycles. The molecule has 0 aliphatic heterocycles. The van der Waals surface area contributed by atoms with Crippen molar-refractivity contribution in [3.63, 3.8) is 0 Å². The fourth-order valence-corrected chi connectivity index (χ4v) is 2.38. The summed E-state index contributed by atoms with van der Waals surface area (Å²) < 4.78 is 16.0. The van der Waals surface area contributed by atoms with Gasteiger partial charge in [0, 0.05) is 18.3 Å². The predicted octanol–water partition coefficient (Wildman–Crippen LogP) is 4.56. The number of alkyl halides is 1. The molecule has 1 aromatic heterocycles. The lowest BCUT2D eigenvalue weighted by molar-refractivity contribution is 0.263. The monoisotopic (exact) mass is 282 g/mol. The highest BCUT2D eigenvalue weighted by Crippen LogP contribution is 2.34. The van der Waals surface area contributed by atoms with E-state index in [0.717, 1.165) is 11.3 Å². The quantitative estimate of drug-likeness (QED) is 0.755. The van der Waals surface area contributed by atoms with E-state index in [1.165, 1.54) is 6.07 Å². The number of nitrogens with zero attached hydrogens (tertiary/aromatic N) is 2. The third-order valence-electron chi connectivity index (χ3n) is 3.70. The van der Waals surface area contributed by atoms with Crippen molar-refractivity contribution in [2.45, 2.75) is 40.2 Å². The first-order valence-corrected chi connectivity index (χ1v) is 7.11. The predicted molar refractivity (Wildman–Crippen MR) is 78.3 cm³/mol. The summed E-state index contributed by atoms with van der Waals surface area (Å²) in [7, 11) is 0. The minimum Gasteiger partial charge on any atom is -0.324 e. The first kappa shape index (κ1) is 14.3. The summed E-state index contributed by atoms with van der Waals surface area (Å²) in [6, 6.07) is 5.32. The SMILES string of the molecule is CC(n1c(CCCl)nc2c(F)cccc21)C(C)(C)C. The van der Waals surface area contributed by atoms with E-state index in [-0.39, 0.29) is 17.3 Å². The Morgan fingerprint density at radius 2 is 2.05 bits per heavy atom. The van der Waals surface area contributed by atoms with Gasteiger partial charge >= 0.3 is 0 Å². The van der Waals surface area contributed by atoms with Crippen LogP contribution in [0, 0.1) is 11.2 Å². The van der Waals surface area contributed by atoms with Gasteiger partial charge in [0.05, 0.1) is 5.52 Å². The zero-order valence-electron chi connectivity index (χ0n) is 11.9. The normalized spacial score (nSPS) is 14.0. The lowest BCUT2D eigenvalue weighted by Gasteiger charge is -2.30. The summed E-state index contributed by atoms with van der Waals surface area (Å²) in [5.74, 6) is 1.08. The molecule has 0 spiro atoms. The van der Waals surface area contributed by atoms with Crippen molar-refractivity contribution < 1.29 is 4.39 Å². The van der Waals surface area contributed by atoms with Crippen molar-refractivity contribution >= 4 is 22.6 Å². The number of rotatable bonds is 3. The Morgan fingerprint density at radius 3 is 2.63 bits per heavy atom. The van der Waals surface area contributed by atoms with Gasteiger partial charge in [0.2, 0.25) is 0 Å². The highest BCUT2D eigenvalue weighted by atomic mass is 35.5. The number of imidazole rings is 1. The Balaban J connectivity index is 2.68. The van der Waals surface area contributed by atoms with E-state index in [0.29, 0.717) is 17.8 Å². The van der Waals surface area contributed by atoms with Crippen molar-refractivity contribution in [3.05, 3.63) is 29.8 Å². The summed E-state index contributed by atoms with van der Waals surface area (Å²) >= 11 is 5.85. The van der Waals surface area contributed by atoms with E-state index >= 15 is 0 Å². The van der Waals surface area contributed by atoms with Crippen molar-refractivity contribution in [1.29, 1.82) is 0 Å². The summed E-state index contributed by atoms with van der Waals surface area (Å²) in [6.07, 6.45) is 0.649. The van der Waals surface area contributed by atoms with Gasteiger partial charge in [0.15, 0.2) is 5.82 Å². The van der Waals surface area contributed by atoms with Crippen LogP contribution in [-0.2, 0) is 6.42 Å². The molecule has 2 aromatic rings. The molecule has 0 N–H and O–H groups in total. The average Bonchev–Trinajstić information content (AvgIpc) is 2.67. The van der Waals surface area contributed by atoms with Crippen LogP contribution < -0.4 is 0 Å². The molecule has 1 unspecified atom stereocenters. The molecule has 0 fully saturated rings. The molecule has 0 saturated heterocycles. The Bertz CT molecular complexity index is 584. The molecule has 19 heavy (non-hydrogen) atoms. The first-order chi connectivity index (χ1) is 8.86. The topological polar surface area (TPSA) is 17.8 Å². The second kappa shape index (κ2) is 5.12. The number of hydrogen-bond acceptors (Lipinski definition) is 1. The van der Waals surface area contributed by atoms with Crippen LogP contribution in [0.15, 0.2) is 18.2 Å². The van der Waals surface area contributed by atoms with Gasteiger partial charge in [0.1, 0.15) is 11.3 Å². The third-order valence-corrected chi connectivity index (χ3v) is 3.89. The minimum atomic E-state index is -0.270. The molecular formula is C15H20ClFN2. The maximum Gasteiger partial charge on any atom is 0.151 e. The van der Waals surface area contributed by atoms with Gasteiger partial charge in [-0.15, -0.1) is 11.6 Å². The molecular weight excluding hydrogens is 263 g/mol. The second-order valence-corrected chi connectivity index (χ2v) is 6.36. The number of aromatic nitrogens is 2. The fourth-order valence-electron chi connectivity index (χ4n) is 2.21. The van der Waals surface area contributed by atoms with Crippen LogP contribution in [0.5, 0.6) is 0 Å². The van der Waals surface area contributed by atoms with E-state index in [1.54, 1.807) is 6.07 Å². The number of hydrogen-bond donors (Lipinski definition) is 0. The zero-order valence-corrected chi connectivity index (χ0v) is 12.6. The van der Waals surface area contributed by atoms with E-state index in [2.05, 4.69) is 37.2 Å². The summed E-state index contributed by atoms with van der Waals surface area (Å²) in [4.78, 5) is 4.44. The third kappa shape index (κ3) is 2.62. The highest BCUT2D eigenvalue weighted by Gasteiger charge is 2.26. The Labute approximate surface area is 118 Å². The maximum absolute atomic E-state index is 13.9. The molecule has 1 atom stereocenters. The zero-order chi connectivity index (χ0) is 14.2. The number of halogens is 2. The highest BCUT2D eigenvalue weighted by molar-refractivity contribution is 6.17. The van der Waals surface area contributed by atoms with Crippen molar-refractivity contribution in [3.8, 4) is 0 Å².